The number of aromatic amines is 1. The fourth-order valence-electron chi connectivity index (χ4n) is 3.50. The van der Waals surface area contributed by atoms with Crippen molar-refractivity contribution < 1.29 is 0 Å². The third-order valence-corrected chi connectivity index (χ3v) is 4.92. The van der Waals surface area contributed by atoms with Crippen molar-refractivity contribution in [3.05, 3.63) is 71.5 Å². The first-order valence-corrected chi connectivity index (χ1v) is 8.49. The predicted octanol–water partition coefficient (Wildman–Crippen LogP) is 5.46. The molecule has 5 rings (SSSR count). The molecule has 122 valence electrons. The molecule has 26 heavy (non-hydrogen) atoms. The number of nitrogens with zero attached hydrogens (tertiary/aromatic N) is 3. The van der Waals surface area contributed by atoms with Crippen LogP contribution in [0.25, 0.3) is 44.0 Å². The summed E-state index contributed by atoms with van der Waals surface area (Å²) in [7, 11) is 0. The van der Waals surface area contributed by atoms with Gasteiger partial charge in [0.1, 0.15) is 11.9 Å². The van der Waals surface area contributed by atoms with Gasteiger partial charge in [0.2, 0.25) is 0 Å². The van der Waals surface area contributed by atoms with Gasteiger partial charge >= 0.3 is 0 Å². The third kappa shape index (κ3) is 2.01. The fraction of sp³-hybridized carbons (Fsp3) is 0. The number of hydrogen-bond donors (Lipinski definition) is 1. The summed E-state index contributed by atoms with van der Waals surface area (Å²) < 4.78 is 0. The number of halogens is 1. The van der Waals surface area contributed by atoms with E-state index in [2.05, 4.69) is 40.3 Å². The zero-order chi connectivity index (χ0) is 17.7. The number of rotatable bonds is 1. The molecule has 2 heterocycles. The van der Waals surface area contributed by atoms with E-state index >= 15 is 0 Å². The van der Waals surface area contributed by atoms with E-state index in [9.17, 15) is 5.26 Å². The van der Waals surface area contributed by atoms with Crippen LogP contribution < -0.4 is 0 Å². The standard InChI is InChI=1S/C21H11ClN4/c22-17-11-24-10-12(9-23)18(17)21-25-19-15-7-3-1-5-13(15)14-6-2-4-8-16(14)20(19)26-21/h1-8,10-11H,(H,25,26). The van der Waals surface area contributed by atoms with E-state index in [1.807, 2.05) is 24.3 Å². The Balaban J connectivity index is 1.97. The van der Waals surface area contributed by atoms with Crippen LogP contribution in [0.5, 0.6) is 0 Å². The maximum Gasteiger partial charge on any atom is 0.141 e. The van der Waals surface area contributed by atoms with Crippen molar-refractivity contribution in [1.82, 2.24) is 15.0 Å². The summed E-state index contributed by atoms with van der Waals surface area (Å²) in [4.78, 5) is 12.2. The van der Waals surface area contributed by atoms with Crippen LogP contribution in [0.3, 0.4) is 0 Å². The van der Waals surface area contributed by atoms with Gasteiger partial charge in [-0.3, -0.25) is 4.98 Å². The minimum atomic E-state index is 0.394. The van der Waals surface area contributed by atoms with Crippen LogP contribution in [0.15, 0.2) is 60.9 Å². The number of nitriles is 1. The van der Waals surface area contributed by atoms with E-state index in [4.69, 9.17) is 16.6 Å². The lowest BCUT2D eigenvalue weighted by atomic mass is 10.0. The Kier molecular flexibility index (Phi) is 3.18. The van der Waals surface area contributed by atoms with Crippen molar-refractivity contribution in [2.45, 2.75) is 0 Å². The van der Waals surface area contributed by atoms with Crippen LogP contribution in [0, 0.1) is 11.3 Å². The topological polar surface area (TPSA) is 65.4 Å². The highest BCUT2D eigenvalue weighted by Crippen LogP contribution is 2.36. The Bertz CT molecular complexity index is 1290. The maximum atomic E-state index is 9.43. The van der Waals surface area contributed by atoms with Gasteiger partial charge in [-0.25, -0.2) is 4.98 Å². The molecule has 0 unspecified atom stereocenters. The Hall–Kier alpha value is -3.42. The molecular weight excluding hydrogens is 344 g/mol. The van der Waals surface area contributed by atoms with E-state index in [1.165, 1.54) is 12.4 Å². The monoisotopic (exact) mass is 354 g/mol. The molecule has 0 radical (unpaired) electrons. The molecule has 0 aliphatic heterocycles. The van der Waals surface area contributed by atoms with Gasteiger partial charge in [-0.1, -0.05) is 60.1 Å². The van der Waals surface area contributed by atoms with E-state index < -0.39 is 0 Å². The second-order valence-corrected chi connectivity index (χ2v) is 6.46. The molecule has 0 amide bonds. The van der Waals surface area contributed by atoms with E-state index in [1.54, 1.807) is 0 Å². The number of hydrogen-bond acceptors (Lipinski definition) is 3. The van der Waals surface area contributed by atoms with Gasteiger partial charge in [-0.15, -0.1) is 0 Å². The molecular formula is C21H11ClN4. The average Bonchev–Trinajstić information content (AvgIpc) is 3.13. The molecule has 5 aromatic rings. The molecule has 4 nitrogen and oxygen atoms in total. The molecule has 1 N–H and O–H groups in total. The highest BCUT2D eigenvalue weighted by molar-refractivity contribution is 6.33. The summed E-state index contributed by atoms with van der Waals surface area (Å²) in [6, 6.07) is 18.6. The van der Waals surface area contributed by atoms with E-state index in [0.717, 1.165) is 32.6 Å². The lowest BCUT2D eigenvalue weighted by Crippen LogP contribution is -1.89. The smallest absolute Gasteiger partial charge is 0.141 e. The summed E-state index contributed by atoms with van der Waals surface area (Å²) in [5.74, 6) is 0.574. The zero-order valence-corrected chi connectivity index (χ0v) is 14.2. The molecule has 5 heteroatoms. The Morgan fingerprint density at radius 3 is 2.27 bits per heavy atom. The van der Waals surface area contributed by atoms with Crippen molar-refractivity contribution >= 4 is 44.2 Å². The Labute approximate surface area is 153 Å². The maximum absolute atomic E-state index is 9.43. The van der Waals surface area contributed by atoms with Crippen LogP contribution in [0.1, 0.15) is 5.56 Å². The van der Waals surface area contributed by atoms with Gasteiger partial charge in [-0.2, -0.15) is 5.26 Å². The van der Waals surface area contributed by atoms with Gasteiger partial charge < -0.3 is 4.98 Å². The first kappa shape index (κ1) is 14.9. The SMILES string of the molecule is N#Cc1cncc(Cl)c1-c1nc2c3ccccc3c3ccccc3c2[nH]1. The van der Waals surface area contributed by atoms with Gasteiger partial charge in [0.15, 0.2) is 0 Å². The molecule has 0 aliphatic carbocycles. The first-order chi connectivity index (χ1) is 12.8. The van der Waals surface area contributed by atoms with Crippen molar-refractivity contribution in [1.29, 1.82) is 5.26 Å². The van der Waals surface area contributed by atoms with Gasteiger partial charge in [0.25, 0.3) is 0 Å². The molecule has 0 saturated carbocycles. The van der Waals surface area contributed by atoms with E-state index in [0.29, 0.717) is 22.0 Å². The van der Waals surface area contributed by atoms with Crippen molar-refractivity contribution in [2.75, 3.05) is 0 Å². The molecule has 3 aromatic carbocycles. The normalized spacial score (nSPS) is 11.2. The van der Waals surface area contributed by atoms with Crippen LogP contribution in [0.2, 0.25) is 5.02 Å². The lowest BCUT2D eigenvalue weighted by Gasteiger charge is -2.05. The molecule has 2 aromatic heterocycles. The number of pyridine rings is 1. The summed E-state index contributed by atoms with van der Waals surface area (Å²) in [5, 5.41) is 14.3. The first-order valence-electron chi connectivity index (χ1n) is 8.11. The highest BCUT2D eigenvalue weighted by atomic mass is 35.5. The Morgan fingerprint density at radius 2 is 1.54 bits per heavy atom. The van der Waals surface area contributed by atoms with Gasteiger partial charge in [-0.05, 0) is 10.8 Å². The zero-order valence-electron chi connectivity index (χ0n) is 13.5. The molecule has 0 atom stereocenters. The minimum absolute atomic E-state index is 0.394. The lowest BCUT2D eigenvalue weighted by molar-refractivity contribution is 1.26. The summed E-state index contributed by atoms with van der Waals surface area (Å²) in [6.07, 6.45) is 3.03. The molecule has 0 aliphatic rings. The number of nitrogens with one attached hydrogen (secondary N) is 1. The van der Waals surface area contributed by atoms with Crippen LogP contribution in [-0.2, 0) is 0 Å². The minimum Gasteiger partial charge on any atom is -0.337 e. The van der Waals surface area contributed by atoms with Crippen molar-refractivity contribution in [2.24, 2.45) is 0 Å². The average molecular weight is 355 g/mol. The second kappa shape index (κ2) is 5.55. The third-order valence-electron chi connectivity index (χ3n) is 4.63. The van der Waals surface area contributed by atoms with Gasteiger partial charge in [0.05, 0.1) is 27.2 Å². The van der Waals surface area contributed by atoms with Gasteiger partial charge in [0, 0.05) is 23.2 Å². The predicted molar refractivity (Wildman–Crippen MR) is 104 cm³/mol. The summed E-state index contributed by atoms with van der Waals surface area (Å²) in [5.41, 5.74) is 2.77. The quantitative estimate of drug-likeness (QED) is 0.407. The Morgan fingerprint density at radius 1 is 0.885 bits per heavy atom. The number of fused-ring (bicyclic) bond motifs is 6. The summed E-state index contributed by atoms with van der Waals surface area (Å²) in [6.45, 7) is 0. The summed E-state index contributed by atoms with van der Waals surface area (Å²) >= 11 is 6.33. The highest BCUT2D eigenvalue weighted by Gasteiger charge is 2.17. The largest absolute Gasteiger partial charge is 0.337 e. The number of benzene rings is 3. The fourth-order valence-corrected chi connectivity index (χ4v) is 3.75. The molecule has 0 saturated heterocycles. The van der Waals surface area contributed by atoms with Crippen LogP contribution >= 0.6 is 11.6 Å². The molecule has 0 fully saturated rings. The molecule has 0 spiro atoms. The number of H-pyrrole nitrogens is 1. The van der Waals surface area contributed by atoms with Crippen molar-refractivity contribution in [3.63, 3.8) is 0 Å². The second-order valence-electron chi connectivity index (χ2n) is 6.06. The molecule has 0 bridgehead atoms. The van der Waals surface area contributed by atoms with Crippen LogP contribution in [0.4, 0.5) is 0 Å². The number of imidazole rings is 1. The van der Waals surface area contributed by atoms with Crippen LogP contribution in [-0.4, -0.2) is 15.0 Å². The number of aromatic nitrogens is 3. The van der Waals surface area contributed by atoms with Crippen molar-refractivity contribution in [3.8, 4) is 17.5 Å². The van der Waals surface area contributed by atoms with E-state index in [-0.39, 0.29) is 0 Å².